The molecule has 0 fully saturated rings. The number of hydrogen-bond donors (Lipinski definition) is 0. The lowest BCUT2D eigenvalue weighted by molar-refractivity contribution is -0.0521. The highest BCUT2D eigenvalue weighted by molar-refractivity contribution is 5.88. The quantitative estimate of drug-likeness (QED) is 0.504. The van der Waals surface area contributed by atoms with E-state index in [1.807, 2.05) is 24.3 Å². The Morgan fingerprint density at radius 3 is 2.63 bits per heavy atom. The number of pyridine rings is 1. The number of ether oxygens (including phenoxy) is 1. The van der Waals surface area contributed by atoms with E-state index in [-0.39, 0.29) is 0 Å². The number of alkyl halides is 2. The molecule has 4 rings (SSSR count). The molecule has 7 heteroatoms. The van der Waals surface area contributed by atoms with Crippen molar-refractivity contribution in [3.8, 4) is 28.1 Å². The Balaban J connectivity index is 1.83. The fourth-order valence-electron chi connectivity index (χ4n) is 2.86. The number of fused-ring (bicyclic) bond motifs is 1. The van der Waals surface area contributed by atoms with E-state index in [1.165, 1.54) is 18.5 Å². The van der Waals surface area contributed by atoms with Crippen LogP contribution in [0.25, 0.3) is 33.3 Å². The number of rotatable bonds is 4. The summed E-state index contributed by atoms with van der Waals surface area (Å²) in [7, 11) is 0. The second-order valence-electron chi connectivity index (χ2n) is 5.72. The minimum absolute atomic E-state index is 0.465. The highest BCUT2D eigenvalue weighted by atomic mass is 19.3. The van der Waals surface area contributed by atoms with Gasteiger partial charge in [0.15, 0.2) is 11.6 Å². The first-order valence-electron chi connectivity index (χ1n) is 8.02. The van der Waals surface area contributed by atoms with Gasteiger partial charge in [0.2, 0.25) is 0 Å². The molecule has 0 bridgehead atoms. The molecule has 0 saturated carbocycles. The van der Waals surface area contributed by atoms with Crippen molar-refractivity contribution in [2.24, 2.45) is 0 Å². The standard InChI is InChI=1S/C20H12F3N3O/c21-16-5-3-13(9-18(16)27-20(22)23)19-15(2-1-7-25-19)12-4-6-17-14(8-12)10-24-11-26-17/h1-11,20H. The zero-order chi connectivity index (χ0) is 18.8. The summed E-state index contributed by atoms with van der Waals surface area (Å²) in [5.41, 5.74) is 3.40. The lowest BCUT2D eigenvalue weighted by Crippen LogP contribution is -2.04. The van der Waals surface area contributed by atoms with Gasteiger partial charge in [-0.15, -0.1) is 0 Å². The Morgan fingerprint density at radius 1 is 0.926 bits per heavy atom. The van der Waals surface area contributed by atoms with E-state index in [1.54, 1.807) is 18.5 Å². The third-order valence-electron chi connectivity index (χ3n) is 4.04. The maximum atomic E-state index is 13.8. The average Bonchev–Trinajstić information content (AvgIpc) is 2.69. The van der Waals surface area contributed by atoms with Crippen molar-refractivity contribution in [2.75, 3.05) is 0 Å². The molecule has 4 nitrogen and oxygen atoms in total. The van der Waals surface area contributed by atoms with Gasteiger partial charge in [-0.05, 0) is 42.0 Å². The van der Waals surface area contributed by atoms with Gasteiger partial charge in [-0.25, -0.2) is 14.4 Å². The Labute approximate surface area is 152 Å². The van der Waals surface area contributed by atoms with Gasteiger partial charge in [-0.1, -0.05) is 12.1 Å². The van der Waals surface area contributed by atoms with E-state index in [9.17, 15) is 13.2 Å². The summed E-state index contributed by atoms with van der Waals surface area (Å²) in [6, 6.07) is 13.1. The zero-order valence-corrected chi connectivity index (χ0v) is 13.8. The highest BCUT2D eigenvalue weighted by Crippen LogP contribution is 2.34. The van der Waals surface area contributed by atoms with Crippen molar-refractivity contribution in [3.05, 3.63) is 73.1 Å². The van der Waals surface area contributed by atoms with Crippen LogP contribution in [0.1, 0.15) is 0 Å². The third-order valence-corrected chi connectivity index (χ3v) is 4.04. The van der Waals surface area contributed by atoms with Crippen LogP contribution in [-0.2, 0) is 0 Å². The fraction of sp³-hybridized carbons (Fsp3) is 0.0500. The van der Waals surface area contributed by atoms with Crippen molar-refractivity contribution in [3.63, 3.8) is 0 Å². The molecular formula is C20H12F3N3O. The second-order valence-corrected chi connectivity index (χ2v) is 5.72. The zero-order valence-electron chi connectivity index (χ0n) is 13.8. The SMILES string of the molecule is Fc1ccc(-c2ncccc2-c2ccc3ncncc3c2)cc1OC(F)F. The van der Waals surface area contributed by atoms with Gasteiger partial charge in [-0.2, -0.15) is 8.78 Å². The molecule has 4 aromatic rings. The van der Waals surface area contributed by atoms with Crippen molar-refractivity contribution in [1.29, 1.82) is 0 Å². The van der Waals surface area contributed by atoms with Crippen LogP contribution in [0, 0.1) is 5.82 Å². The van der Waals surface area contributed by atoms with Crippen molar-refractivity contribution in [1.82, 2.24) is 15.0 Å². The maximum Gasteiger partial charge on any atom is 0.387 e. The Hall–Kier alpha value is -3.48. The van der Waals surface area contributed by atoms with Crippen LogP contribution in [0.3, 0.4) is 0 Å². The third kappa shape index (κ3) is 3.44. The lowest BCUT2D eigenvalue weighted by Gasteiger charge is -2.12. The summed E-state index contributed by atoms with van der Waals surface area (Å²) in [5, 5.41) is 0.852. The highest BCUT2D eigenvalue weighted by Gasteiger charge is 2.15. The molecule has 0 N–H and O–H groups in total. The van der Waals surface area contributed by atoms with E-state index in [2.05, 4.69) is 19.7 Å². The van der Waals surface area contributed by atoms with Gasteiger partial charge < -0.3 is 4.74 Å². The number of aromatic nitrogens is 3. The fourth-order valence-corrected chi connectivity index (χ4v) is 2.86. The molecule has 0 aliphatic rings. The van der Waals surface area contributed by atoms with Crippen molar-refractivity contribution < 1.29 is 17.9 Å². The summed E-state index contributed by atoms with van der Waals surface area (Å²) in [6.45, 7) is -3.11. The minimum Gasteiger partial charge on any atom is -0.432 e. The van der Waals surface area contributed by atoms with E-state index >= 15 is 0 Å². The first kappa shape index (κ1) is 17.0. The molecule has 2 heterocycles. The molecule has 0 atom stereocenters. The van der Waals surface area contributed by atoms with Crippen molar-refractivity contribution in [2.45, 2.75) is 6.61 Å². The first-order valence-corrected chi connectivity index (χ1v) is 8.02. The number of hydrogen-bond acceptors (Lipinski definition) is 4. The minimum atomic E-state index is -3.11. The molecule has 0 saturated heterocycles. The topological polar surface area (TPSA) is 47.9 Å². The van der Waals surface area contributed by atoms with Crippen LogP contribution in [0.2, 0.25) is 0 Å². The van der Waals surface area contributed by atoms with Crippen LogP contribution in [-0.4, -0.2) is 21.6 Å². The van der Waals surface area contributed by atoms with E-state index in [0.29, 0.717) is 11.3 Å². The van der Waals surface area contributed by atoms with E-state index in [0.717, 1.165) is 28.1 Å². The van der Waals surface area contributed by atoms with E-state index in [4.69, 9.17) is 0 Å². The summed E-state index contributed by atoms with van der Waals surface area (Å²) in [6.07, 6.45) is 4.76. The molecule has 0 aliphatic carbocycles. The summed E-state index contributed by atoms with van der Waals surface area (Å²) in [5.74, 6) is -1.38. The molecule has 134 valence electrons. The van der Waals surface area contributed by atoms with E-state index < -0.39 is 18.2 Å². The normalized spacial score (nSPS) is 11.1. The second kappa shape index (κ2) is 7.03. The molecule has 0 amide bonds. The van der Waals surface area contributed by atoms with Crippen LogP contribution in [0.5, 0.6) is 5.75 Å². The lowest BCUT2D eigenvalue weighted by atomic mass is 9.98. The number of halogens is 3. The Kier molecular flexibility index (Phi) is 4.42. The van der Waals surface area contributed by atoms with Crippen LogP contribution < -0.4 is 4.74 Å². The predicted molar refractivity (Wildman–Crippen MR) is 94.8 cm³/mol. The largest absolute Gasteiger partial charge is 0.432 e. The average molecular weight is 367 g/mol. The molecule has 0 radical (unpaired) electrons. The van der Waals surface area contributed by atoms with Gasteiger partial charge in [0.25, 0.3) is 0 Å². The smallest absolute Gasteiger partial charge is 0.387 e. The van der Waals surface area contributed by atoms with Gasteiger partial charge in [0, 0.05) is 28.9 Å². The molecule has 2 aromatic carbocycles. The van der Waals surface area contributed by atoms with Gasteiger partial charge in [-0.3, -0.25) is 4.98 Å². The van der Waals surface area contributed by atoms with Gasteiger partial charge >= 0.3 is 6.61 Å². The molecule has 2 aromatic heterocycles. The Morgan fingerprint density at radius 2 is 1.78 bits per heavy atom. The van der Waals surface area contributed by atoms with Crippen molar-refractivity contribution >= 4 is 10.9 Å². The number of benzene rings is 2. The first-order chi connectivity index (χ1) is 13.1. The molecule has 0 aliphatic heterocycles. The molecule has 0 spiro atoms. The predicted octanol–water partition coefficient (Wildman–Crippen LogP) is 5.10. The maximum absolute atomic E-state index is 13.8. The summed E-state index contributed by atoms with van der Waals surface area (Å²) in [4.78, 5) is 12.6. The molecule has 0 unspecified atom stereocenters. The van der Waals surface area contributed by atoms with Crippen LogP contribution in [0.15, 0.2) is 67.3 Å². The Bertz CT molecular complexity index is 1120. The van der Waals surface area contributed by atoms with Crippen LogP contribution >= 0.6 is 0 Å². The number of nitrogens with zero attached hydrogens (tertiary/aromatic N) is 3. The van der Waals surface area contributed by atoms with Gasteiger partial charge in [0.05, 0.1) is 11.2 Å². The summed E-state index contributed by atoms with van der Waals surface area (Å²) >= 11 is 0. The summed E-state index contributed by atoms with van der Waals surface area (Å²) < 4.78 is 43.0. The molecule has 27 heavy (non-hydrogen) atoms. The molecular weight excluding hydrogens is 355 g/mol. The monoisotopic (exact) mass is 367 g/mol. The van der Waals surface area contributed by atoms with Gasteiger partial charge in [0.1, 0.15) is 6.33 Å². The van der Waals surface area contributed by atoms with Crippen LogP contribution in [0.4, 0.5) is 13.2 Å².